The van der Waals surface area contributed by atoms with Crippen molar-refractivity contribution in [2.45, 2.75) is 18.9 Å². The van der Waals surface area contributed by atoms with Gasteiger partial charge in [-0.05, 0) is 25.0 Å². The SMILES string of the molecule is O=C(c1ccc(Cl)s1)N1C[C@H]2CC[C@@H](C1)C2O. The average Bonchev–Trinajstić information content (AvgIpc) is 2.79. The van der Waals surface area contributed by atoms with Crippen LogP contribution in [0.5, 0.6) is 0 Å². The van der Waals surface area contributed by atoms with E-state index in [0.29, 0.717) is 22.3 Å². The van der Waals surface area contributed by atoms with E-state index < -0.39 is 0 Å². The van der Waals surface area contributed by atoms with Crippen molar-refractivity contribution in [3.05, 3.63) is 21.3 Å². The minimum Gasteiger partial charge on any atom is -0.392 e. The lowest BCUT2D eigenvalue weighted by atomic mass is 9.95. The molecule has 1 aliphatic carbocycles. The number of carbonyl (C=O) groups excluding carboxylic acids is 1. The monoisotopic (exact) mass is 271 g/mol. The van der Waals surface area contributed by atoms with Crippen LogP contribution in [0.15, 0.2) is 12.1 Å². The van der Waals surface area contributed by atoms with E-state index in [2.05, 4.69) is 0 Å². The van der Waals surface area contributed by atoms with Crippen molar-refractivity contribution >= 4 is 28.8 Å². The third-order valence-corrected chi connectivity index (χ3v) is 5.07. The number of hydrogen-bond donors (Lipinski definition) is 1. The lowest BCUT2D eigenvalue weighted by Gasteiger charge is -2.35. The molecule has 17 heavy (non-hydrogen) atoms. The molecule has 3 rings (SSSR count). The van der Waals surface area contributed by atoms with Crippen molar-refractivity contribution in [3.8, 4) is 0 Å². The minimum atomic E-state index is -0.203. The van der Waals surface area contributed by atoms with Crippen LogP contribution in [0.2, 0.25) is 4.34 Å². The van der Waals surface area contributed by atoms with Crippen LogP contribution in [0.25, 0.3) is 0 Å². The van der Waals surface area contributed by atoms with E-state index in [0.717, 1.165) is 12.8 Å². The van der Waals surface area contributed by atoms with Crippen molar-refractivity contribution in [2.75, 3.05) is 13.1 Å². The summed E-state index contributed by atoms with van der Waals surface area (Å²) < 4.78 is 0.647. The number of nitrogens with zero attached hydrogens (tertiary/aromatic N) is 1. The molecule has 2 heterocycles. The molecule has 1 saturated carbocycles. The molecule has 1 amide bonds. The van der Waals surface area contributed by atoms with Crippen LogP contribution in [0.4, 0.5) is 0 Å². The summed E-state index contributed by atoms with van der Waals surface area (Å²) in [6.45, 7) is 1.37. The number of rotatable bonds is 1. The lowest BCUT2D eigenvalue weighted by Crippen LogP contribution is -2.47. The summed E-state index contributed by atoms with van der Waals surface area (Å²) in [5, 5.41) is 9.93. The molecule has 1 aliphatic heterocycles. The van der Waals surface area contributed by atoms with E-state index in [1.165, 1.54) is 11.3 Å². The van der Waals surface area contributed by atoms with Gasteiger partial charge < -0.3 is 10.0 Å². The summed E-state index contributed by atoms with van der Waals surface area (Å²) in [5.41, 5.74) is 0. The van der Waals surface area contributed by atoms with Gasteiger partial charge in [-0.25, -0.2) is 0 Å². The molecular formula is C12H14ClNO2S. The number of aliphatic hydroxyl groups excluding tert-OH is 1. The Morgan fingerprint density at radius 1 is 1.35 bits per heavy atom. The van der Waals surface area contributed by atoms with E-state index in [1.54, 1.807) is 12.1 Å². The van der Waals surface area contributed by atoms with E-state index in [-0.39, 0.29) is 23.8 Å². The van der Waals surface area contributed by atoms with Gasteiger partial charge in [0, 0.05) is 24.9 Å². The summed E-state index contributed by atoms with van der Waals surface area (Å²) in [4.78, 5) is 14.8. The molecule has 3 nitrogen and oxygen atoms in total. The zero-order valence-electron chi connectivity index (χ0n) is 9.30. The highest BCUT2D eigenvalue weighted by Crippen LogP contribution is 2.37. The fourth-order valence-corrected chi connectivity index (χ4v) is 3.96. The third-order valence-electron chi connectivity index (χ3n) is 3.86. The first kappa shape index (κ1) is 11.5. The number of halogens is 1. The molecule has 1 N–H and O–H groups in total. The van der Waals surface area contributed by atoms with Crippen molar-refractivity contribution < 1.29 is 9.90 Å². The van der Waals surface area contributed by atoms with Crippen LogP contribution in [-0.4, -0.2) is 35.1 Å². The van der Waals surface area contributed by atoms with Crippen molar-refractivity contribution in [3.63, 3.8) is 0 Å². The predicted molar refractivity (Wildman–Crippen MR) is 67.5 cm³/mol. The van der Waals surface area contributed by atoms with E-state index in [4.69, 9.17) is 11.6 Å². The maximum atomic E-state index is 12.2. The molecule has 1 saturated heterocycles. The van der Waals surface area contributed by atoms with E-state index in [1.807, 2.05) is 4.90 Å². The van der Waals surface area contributed by atoms with Gasteiger partial charge in [-0.1, -0.05) is 11.6 Å². The average molecular weight is 272 g/mol. The Bertz CT molecular complexity index is 433. The summed E-state index contributed by atoms with van der Waals surface area (Å²) in [7, 11) is 0. The second kappa shape index (κ2) is 4.26. The normalized spacial score (nSPS) is 31.9. The van der Waals surface area contributed by atoms with Gasteiger partial charge in [-0.15, -0.1) is 11.3 Å². The largest absolute Gasteiger partial charge is 0.392 e. The van der Waals surface area contributed by atoms with Crippen molar-refractivity contribution in [1.29, 1.82) is 0 Å². The van der Waals surface area contributed by atoms with Crippen LogP contribution >= 0.6 is 22.9 Å². The van der Waals surface area contributed by atoms with Crippen molar-refractivity contribution in [2.24, 2.45) is 11.8 Å². The Morgan fingerprint density at radius 3 is 2.53 bits per heavy atom. The first-order valence-corrected chi connectivity index (χ1v) is 7.07. The molecule has 0 radical (unpaired) electrons. The van der Waals surface area contributed by atoms with Gasteiger partial charge in [0.25, 0.3) is 5.91 Å². The van der Waals surface area contributed by atoms with Crippen LogP contribution < -0.4 is 0 Å². The van der Waals surface area contributed by atoms with Gasteiger partial charge >= 0.3 is 0 Å². The fourth-order valence-electron chi connectivity index (χ4n) is 2.94. The highest BCUT2D eigenvalue weighted by molar-refractivity contribution is 7.17. The quantitative estimate of drug-likeness (QED) is 0.851. The van der Waals surface area contributed by atoms with Crippen LogP contribution in [0, 0.1) is 11.8 Å². The first-order chi connectivity index (χ1) is 8.15. The number of hydrogen-bond acceptors (Lipinski definition) is 3. The molecule has 1 unspecified atom stereocenters. The number of likely N-dealkylation sites (tertiary alicyclic amines) is 1. The van der Waals surface area contributed by atoms with E-state index >= 15 is 0 Å². The number of carbonyl (C=O) groups is 1. The minimum absolute atomic E-state index is 0.0608. The predicted octanol–water partition coefficient (Wildman–Crippen LogP) is 2.24. The molecule has 0 aromatic carbocycles. The Hall–Kier alpha value is -0.580. The molecular weight excluding hydrogens is 258 g/mol. The Balaban J connectivity index is 1.76. The van der Waals surface area contributed by atoms with Gasteiger partial charge in [0.15, 0.2) is 0 Å². The van der Waals surface area contributed by atoms with Gasteiger partial charge in [-0.3, -0.25) is 4.79 Å². The fraction of sp³-hybridized carbons (Fsp3) is 0.583. The Labute approximate surface area is 109 Å². The lowest BCUT2D eigenvalue weighted by molar-refractivity contribution is 0.0169. The highest BCUT2D eigenvalue weighted by Gasteiger charge is 2.42. The smallest absolute Gasteiger partial charge is 0.263 e. The van der Waals surface area contributed by atoms with Gasteiger partial charge in [0.2, 0.25) is 0 Å². The summed E-state index contributed by atoms with van der Waals surface area (Å²) in [5.74, 6) is 0.604. The molecule has 3 atom stereocenters. The van der Waals surface area contributed by atoms with Gasteiger partial charge in [-0.2, -0.15) is 0 Å². The molecule has 2 fully saturated rings. The van der Waals surface area contributed by atoms with Gasteiger partial charge in [0.1, 0.15) is 0 Å². The maximum Gasteiger partial charge on any atom is 0.263 e. The van der Waals surface area contributed by atoms with E-state index in [9.17, 15) is 9.90 Å². The van der Waals surface area contributed by atoms with Gasteiger partial charge in [0.05, 0.1) is 15.3 Å². The molecule has 1 aromatic heterocycles. The topological polar surface area (TPSA) is 40.5 Å². The number of amides is 1. The second-order valence-corrected chi connectivity index (χ2v) is 6.62. The third kappa shape index (κ3) is 1.98. The van der Waals surface area contributed by atoms with Crippen molar-refractivity contribution in [1.82, 2.24) is 4.90 Å². The molecule has 1 aromatic rings. The highest BCUT2D eigenvalue weighted by atomic mass is 35.5. The zero-order chi connectivity index (χ0) is 12.0. The van der Waals surface area contributed by atoms with Crippen LogP contribution in [0.3, 0.4) is 0 Å². The van der Waals surface area contributed by atoms with Crippen LogP contribution in [0.1, 0.15) is 22.5 Å². The molecule has 92 valence electrons. The molecule has 5 heteroatoms. The summed E-state index contributed by atoms with van der Waals surface area (Å²) in [6.07, 6.45) is 1.88. The first-order valence-electron chi connectivity index (χ1n) is 5.88. The summed E-state index contributed by atoms with van der Waals surface area (Å²) in [6, 6.07) is 3.54. The number of fused-ring (bicyclic) bond motifs is 2. The number of thiophene rings is 1. The Kier molecular flexibility index (Phi) is 2.89. The Morgan fingerprint density at radius 2 is 2.00 bits per heavy atom. The number of aliphatic hydroxyl groups is 1. The zero-order valence-corrected chi connectivity index (χ0v) is 10.9. The second-order valence-electron chi connectivity index (χ2n) is 4.90. The maximum absolute atomic E-state index is 12.2. The molecule has 2 aliphatic rings. The standard InChI is InChI=1S/C12H14ClNO2S/c13-10-4-3-9(17-10)12(16)14-5-7-1-2-8(6-14)11(7)15/h3-4,7-8,11,15H,1-2,5-6H2/t7-,8+,11?. The number of piperidine rings is 1. The van der Waals surface area contributed by atoms with Crippen LogP contribution in [-0.2, 0) is 0 Å². The molecule has 0 spiro atoms. The summed E-state index contributed by atoms with van der Waals surface area (Å²) >= 11 is 7.17. The molecule has 2 bridgehead atoms.